The van der Waals surface area contributed by atoms with Crippen molar-refractivity contribution in [3.05, 3.63) is 52.9 Å². The number of fused-ring (bicyclic) bond motifs is 3. The summed E-state index contributed by atoms with van der Waals surface area (Å²) in [6.45, 7) is 4.10. The van der Waals surface area contributed by atoms with Crippen LogP contribution >= 0.6 is 0 Å². The van der Waals surface area contributed by atoms with E-state index in [4.69, 9.17) is 4.98 Å². The minimum absolute atomic E-state index is 0.0510. The molecule has 3 aromatic rings. The SMILES string of the molecule is O=c1ccc2cnc(Nc3ccc(N4CCNCC4)cc3)nc2n1[C@@H]1CC2CCC1C2. The normalized spacial score (nSPS) is 25.3. The lowest BCUT2D eigenvalue weighted by Crippen LogP contribution is -2.43. The molecule has 1 saturated heterocycles. The van der Waals surface area contributed by atoms with Gasteiger partial charge in [0.2, 0.25) is 5.95 Å². The number of anilines is 3. The van der Waals surface area contributed by atoms with Gasteiger partial charge in [-0.1, -0.05) is 6.42 Å². The Kier molecular flexibility index (Phi) is 4.64. The van der Waals surface area contributed by atoms with Gasteiger partial charge in [0, 0.05) is 61.2 Å². The van der Waals surface area contributed by atoms with Crippen LogP contribution in [0.1, 0.15) is 31.7 Å². The largest absolute Gasteiger partial charge is 0.369 e. The van der Waals surface area contributed by atoms with Gasteiger partial charge in [0.15, 0.2) is 0 Å². The van der Waals surface area contributed by atoms with Crippen molar-refractivity contribution in [3.63, 3.8) is 0 Å². The highest BCUT2D eigenvalue weighted by molar-refractivity contribution is 5.76. The van der Waals surface area contributed by atoms with E-state index in [0.717, 1.165) is 55.2 Å². The predicted octanol–water partition coefficient (Wildman–Crippen LogP) is 3.31. The molecule has 3 atom stereocenters. The van der Waals surface area contributed by atoms with Crippen LogP contribution in [-0.4, -0.2) is 40.7 Å². The summed E-state index contributed by atoms with van der Waals surface area (Å²) >= 11 is 0. The van der Waals surface area contributed by atoms with E-state index in [2.05, 4.69) is 44.8 Å². The molecule has 2 bridgehead atoms. The second-order valence-electron chi connectivity index (χ2n) is 9.17. The molecule has 3 heterocycles. The average Bonchev–Trinajstić information content (AvgIpc) is 3.44. The lowest BCUT2D eigenvalue weighted by Gasteiger charge is -2.29. The number of hydrogen-bond donors (Lipinski definition) is 2. The Morgan fingerprint density at radius 3 is 2.58 bits per heavy atom. The van der Waals surface area contributed by atoms with Gasteiger partial charge in [-0.2, -0.15) is 4.98 Å². The first-order valence-electron chi connectivity index (χ1n) is 11.5. The fourth-order valence-corrected chi connectivity index (χ4v) is 5.75. The summed E-state index contributed by atoms with van der Waals surface area (Å²) in [5.41, 5.74) is 2.98. The Bertz CT molecular complexity index is 1150. The van der Waals surface area contributed by atoms with Crippen LogP contribution in [0.4, 0.5) is 17.3 Å². The molecule has 0 amide bonds. The fraction of sp³-hybridized carbons (Fsp3) is 0.458. The molecule has 3 fully saturated rings. The first kappa shape index (κ1) is 18.8. The summed E-state index contributed by atoms with van der Waals surface area (Å²) in [5, 5.41) is 7.63. The molecule has 3 aliphatic rings. The molecule has 160 valence electrons. The molecular weight excluding hydrogens is 388 g/mol. The van der Waals surface area contributed by atoms with E-state index in [1.807, 2.05) is 16.8 Å². The molecule has 2 unspecified atom stereocenters. The van der Waals surface area contributed by atoms with Crippen LogP contribution in [0.5, 0.6) is 0 Å². The van der Waals surface area contributed by atoms with Gasteiger partial charge in [0.25, 0.3) is 5.56 Å². The quantitative estimate of drug-likeness (QED) is 0.680. The molecule has 2 N–H and O–H groups in total. The third-order valence-electron chi connectivity index (χ3n) is 7.31. The smallest absolute Gasteiger partial charge is 0.252 e. The molecule has 7 heteroatoms. The van der Waals surface area contributed by atoms with E-state index >= 15 is 0 Å². The number of pyridine rings is 1. The van der Waals surface area contributed by atoms with E-state index in [1.54, 1.807) is 6.07 Å². The predicted molar refractivity (Wildman–Crippen MR) is 123 cm³/mol. The zero-order valence-electron chi connectivity index (χ0n) is 17.6. The standard InChI is InChI=1S/C24H28N6O/c31-22-8-3-18-15-26-24(28-23(18)30(22)21-14-16-1-2-17(21)13-16)27-19-4-6-20(7-5-19)29-11-9-25-10-12-29/h3-8,15-17,21,25H,1-2,9-14H2,(H,26,27,28)/t16?,17?,21-/m1/s1. The highest BCUT2D eigenvalue weighted by Crippen LogP contribution is 2.50. The number of nitrogens with one attached hydrogen (secondary N) is 2. The molecule has 6 rings (SSSR count). The van der Waals surface area contributed by atoms with E-state index in [1.165, 1.54) is 24.9 Å². The van der Waals surface area contributed by atoms with Crippen LogP contribution in [0, 0.1) is 11.8 Å². The number of nitrogens with zero attached hydrogens (tertiary/aromatic N) is 4. The monoisotopic (exact) mass is 416 g/mol. The van der Waals surface area contributed by atoms with E-state index in [-0.39, 0.29) is 11.6 Å². The van der Waals surface area contributed by atoms with Crippen molar-refractivity contribution < 1.29 is 0 Å². The molecule has 0 spiro atoms. The number of aromatic nitrogens is 3. The third kappa shape index (κ3) is 3.47. The van der Waals surface area contributed by atoms with Crippen LogP contribution < -0.4 is 21.1 Å². The highest BCUT2D eigenvalue weighted by atomic mass is 16.1. The Labute approximate surface area is 181 Å². The van der Waals surface area contributed by atoms with Gasteiger partial charge in [-0.3, -0.25) is 9.36 Å². The van der Waals surface area contributed by atoms with Crippen molar-refractivity contribution in [1.29, 1.82) is 0 Å². The molecule has 1 aliphatic heterocycles. The molecule has 2 saturated carbocycles. The lowest BCUT2D eigenvalue weighted by molar-refractivity contribution is 0.329. The van der Waals surface area contributed by atoms with Crippen molar-refractivity contribution >= 4 is 28.4 Å². The van der Waals surface area contributed by atoms with Crippen molar-refractivity contribution in [2.75, 3.05) is 36.4 Å². The van der Waals surface area contributed by atoms with Crippen LogP contribution in [0.15, 0.2) is 47.4 Å². The summed E-state index contributed by atoms with van der Waals surface area (Å²) in [6.07, 6.45) is 6.72. The van der Waals surface area contributed by atoms with Gasteiger partial charge in [-0.15, -0.1) is 0 Å². The van der Waals surface area contributed by atoms with Gasteiger partial charge in [-0.25, -0.2) is 4.98 Å². The molecule has 0 radical (unpaired) electrons. The number of hydrogen-bond acceptors (Lipinski definition) is 6. The van der Waals surface area contributed by atoms with Gasteiger partial charge in [0.05, 0.1) is 0 Å². The summed E-state index contributed by atoms with van der Waals surface area (Å²) in [5.74, 6) is 1.91. The van der Waals surface area contributed by atoms with E-state index in [9.17, 15) is 4.79 Å². The van der Waals surface area contributed by atoms with Crippen molar-refractivity contribution in [2.24, 2.45) is 11.8 Å². The summed E-state index contributed by atoms with van der Waals surface area (Å²) < 4.78 is 1.94. The van der Waals surface area contributed by atoms with Crippen LogP contribution in [-0.2, 0) is 0 Å². The van der Waals surface area contributed by atoms with Gasteiger partial charge >= 0.3 is 0 Å². The first-order chi connectivity index (χ1) is 15.2. The maximum Gasteiger partial charge on any atom is 0.252 e. The van der Waals surface area contributed by atoms with Crippen LogP contribution in [0.3, 0.4) is 0 Å². The number of rotatable bonds is 4. The third-order valence-corrected chi connectivity index (χ3v) is 7.31. The highest BCUT2D eigenvalue weighted by Gasteiger charge is 2.41. The van der Waals surface area contributed by atoms with Crippen molar-refractivity contribution in [2.45, 2.75) is 31.7 Å². The topological polar surface area (TPSA) is 75.1 Å². The van der Waals surface area contributed by atoms with Crippen LogP contribution in [0.2, 0.25) is 0 Å². The molecule has 31 heavy (non-hydrogen) atoms. The Hall–Kier alpha value is -2.93. The summed E-state index contributed by atoms with van der Waals surface area (Å²) in [4.78, 5) is 24.5. The fourth-order valence-electron chi connectivity index (χ4n) is 5.75. The van der Waals surface area contributed by atoms with Crippen molar-refractivity contribution in [3.8, 4) is 0 Å². The summed E-state index contributed by atoms with van der Waals surface area (Å²) in [6, 6.07) is 12.2. The Balaban J connectivity index is 1.29. The van der Waals surface area contributed by atoms with Crippen molar-refractivity contribution in [1.82, 2.24) is 19.9 Å². The number of benzene rings is 1. The Morgan fingerprint density at radius 2 is 1.84 bits per heavy atom. The molecule has 7 nitrogen and oxygen atoms in total. The second kappa shape index (κ2) is 7.64. The average molecular weight is 417 g/mol. The maximum absolute atomic E-state index is 12.8. The molecule has 2 aliphatic carbocycles. The molecular formula is C24H28N6O. The first-order valence-corrected chi connectivity index (χ1v) is 11.5. The second-order valence-corrected chi connectivity index (χ2v) is 9.17. The molecule has 2 aromatic heterocycles. The van der Waals surface area contributed by atoms with Gasteiger partial charge in [-0.05, 0) is 61.4 Å². The van der Waals surface area contributed by atoms with E-state index < -0.39 is 0 Å². The van der Waals surface area contributed by atoms with Gasteiger partial charge < -0.3 is 15.5 Å². The van der Waals surface area contributed by atoms with E-state index in [0.29, 0.717) is 11.9 Å². The zero-order chi connectivity index (χ0) is 20.8. The zero-order valence-corrected chi connectivity index (χ0v) is 17.6. The lowest BCUT2D eigenvalue weighted by atomic mass is 9.95. The maximum atomic E-state index is 12.8. The minimum Gasteiger partial charge on any atom is -0.369 e. The minimum atomic E-state index is 0.0510. The molecule has 1 aromatic carbocycles. The van der Waals surface area contributed by atoms with Crippen LogP contribution in [0.25, 0.3) is 11.0 Å². The number of piperazine rings is 1. The van der Waals surface area contributed by atoms with Gasteiger partial charge in [0.1, 0.15) is 5.65 Å². The summed E-state index contributed by atoms with van der Waals surface area (Å²) in [7, 11) is 0. The Morgan fingerprint density at radius 1 is 1.00 bits per heavy atom.